The van der Waals surface area contributed by atoms with Gasteiger partial charge in [0.05, 0.1) is 12.5 Å². The third kappa shape index (κ3) is 45.9. The molecule has 9 heteroatoms. The molecule has 0 radical (unpaired) electrons. The molecule has 0 saturated heterocycles. The monoisotopic (exact) mass is 936 g/mol. The Balaban J connectivity index is 4.66. The standard InChI is InChI=1S/C57H113N3O6/c1-7-11-15-19-25-33-42-53(41-32-18-14-10-4)56(62)64-51-39-31-23-22-29-37-48-60(50-52-65-57(63)58-46-40-47-59(5)6)49-38-30-24-28-36-45-55(61)66-54(43-34-26-20-16-12-8-2)44-35-27-21-17-13-9-3/h53-54H,7-52H2,1-6H3,(H,58,63). The number of ether oxygens (including phenoxy) is 3. The van der Waals surface area contributed by atoms with Crippen molar-refractivity contribution >= 4 is 18.0 Å². The molecule has 392 valence electrons. The van der Waals surface area contributed by atoms with E-state index in [1.54, 1.807) is 0 Å². The maximum Gasteiger partial charge on any atom is 0.407 e. The summed E-state index contributed by atoms with van der Waals surface area (Å²) in [6.45, 7) is 14.3. The summed E-state index contributed by atoms with van der Waals surface area (Å²) in [5, 5.41) is 2.89. The van der Waals surface area contributed by atoms with Gasteiger partial charge in [0, 0.05) is 19.5 Å². The van der Waals surface area contributed by atoms with Crippen molar-refractivity contribution in [1.29, 1.82) is 0 Å². The number of nitrogens with zero attached hydrogens (tertiary/aromatic N) is 2. The number of alkyl carbamates (subject to hydrolysis) is 1. The highest BCUT2D eigenvalue weighted by Crippen LogP contribution is 2.22. The van der Waals surface area contributed by atoms with Crippen molar-refractivity contribution in [3.8, 4) is 0 Å². The molecule has 1 N–H and O–H groups in total. The Labute approximate surface area is 410 Å². The number of hydrogen-bond donors (Lipinski definition) is 1. The van der Waals surface area contributed by atoms with Crippen LogP contribution in [-0.4, -0.2) is 94.0 Å². The van der Waals surface area contributed by atoms with Crippen molar-refractivity contribution in [2.75, 3.05) is 60.0 Å². The van der Waals surface area contributed by atoms with Crippen molar-refractivity contribution in [2.24, 2.45) is 5.92 Å². The van der Waals surface area contributed by atoms with E-state index in [4.69, 9.17) is 14.2 Å². The number of carbonyl (C=O) groups excluding carboxylic acids is 3. The van der Waals surface area contributed by atoms with Gasteiger partial charge in [-0.15, -0.1) is 0 Å². The molecule has 0 heterocycles. The zero-order valence-corrected chi connectivity index (χ0v) is 45.0. The van der Waals surface area contributed by atoms with Gasteiger partial charge in [0.1, 0.15) is 12.7 Å². The van der Waals surface area contributed by atoms with Crippen LogP contribution in [0.2, 0.25) is 0 Å². The Morgan fingerprint density at radius 2 is 0.848 bits per heavy atom. The van der Waals surface area contributed by atoms with Gasteiger partial charge in [-0.1, -0.05) is 201 Å². The second-order valence-electron chi connectivity index (χ2n) is 20.2. The van der Waals surface area contributed by atoms with Crippen molar-refractivity contribution < 1.29 is 28.6 Å². The van der Waals surface area contributed by atoms with E-state index in [0.29, 0.717) is 26.2 Å². The average molecular weight is 937 g/mol. The van der Waals surface area contributed by atoms with Gasteiger partial charge in [0.2, 0.25) is 0 Å². The molecule has 66 heavy (non-hydrogen) atoms. The molecule has 1 amide bonds. The average Bonchev–Trinajstić information content (AvgIpc) is 3.30. The molecule has 0 aromatic heterocycles. The molecule has 0 aromatic rings. The number of nitrogens with one attached hydrogen (secondary N) is 1. The molecule has 0 aromatic carbocycles. The van der Waals surface area contributed by atoms with Gasteiger partial charge in [-0.2, -0.15) is 0 Å². The summed E-state index contributed by atoms with van der Waals surface area (Å²) >= 11 is 0. The molecule has 0 rings (SSSR count). The largest absolute Gasteiger partial charge is 0.465 e. The highest BCUT2D eigenvalue weighted by atomic mass is 16.6. The highest BCUT2D eigenvalue weighted by Gasteiger charge is 2.19. The van der Waals surface area contributed by atoms with Crippen LogP contribution in [0.1, 0.15) is 278 Å². The number of esters is 2. The van der Waals surface area contributed by atoms with E-state index in [2.05, 4.69) is 42.8 Å². The highest BCUT2D eigenvalue weighted by molar-refractivity contribution is 5.72. The summed E-state index contributed by atoms with van der Waals surface area (Å²) in [5.41, 5.74) is 0. The molecule has 1 atom stereocenters. The normalized spacial score (nSPS) is 12.1. The minimum Gasteiger partial charge on any atom is -0.465 e. The molecule has 0 aliphatic carbocycles. The minimum atomic E-state index is -0.325. The SMILES string of the molecule is CCCCCCCCC(CCCCCCCC)OC(=O)CCCCCCCN(CCCCCCCCOC(=O)C(CCCCCC)CCCCCCCC)CCOC(=O)NCCCN(C)C. The van der Waals surface area contributed by atoms with Crippen LogP contribution in [0.3, 0.4) is 0 Å². The Morgan fingerprint density at radius 3 is 1.35 bits per heavy atom. The molecule has 0 aliphatic rings. The third-order valence-corrected chi connectivity index (χ3v) is 13.4. The number of amides is 1. The van der Waals surface area contributed by atoms with Crippen molar-refractivity contribution in [3.05, 3.63) is 0 Å². The topological polar surface area (TPSA) is 97.4 Å². The van der Waals surface area contributed by atoms with Crippen LogP contribution in [0.4, 0.5) is 4.79 Å². The number of rotatable bonds is 52. The molecule has 0 fully saturated rings. The Kier molecular flexibility index (Phi) is 49.5. The first-order chi connectivity index (χ1) is 32.3. The van der Waals surface area contributed by atoms with E-state index >= 15 is 0 Å². The predicted octanol–water partition coefficient (Wildman–Crippen LogP) is 15.9. The van der Waals surface area contributed by atoms with Crippen molar-refractivity contribution in [3.63, 3.8) is 0 Å². The first kappa shape index (κ1) is 64.1. The zero-order valence-electron chi connectivity index (χ0n) is 45.0. The summed E-state index contributed by atoms with van der Waals surface area (Å²) in [6, 6.07) is 0. The predicted molar refractivity (Wildman–Crippen MR) is 281 cm³/mol. The van der Waals surface area contributed by atoms with Crippen LogP contribution in [0.5, 0.6) is 0 Å². The van der Waals surface area contributed by atoms with Gasteiger partial charge >= 0.3 is 18.0 Å². The molecule has 0 bridgehead atoms. The Bertz CT molecular complexity index is 1030. The molecule has 1 unspecified atom stereocenters. The molecule has 0 saturated carbocycles. The lowest BCUT2D eigenvalue weighted by atomic mass is 9.94. The van der Waals surface area contributed by atoms with Gasteiger partial charge < -0.3 is 24.4 Å². The summed E-state index contributed by atoms with van der Waals surface area (Å²) in [5.74, 6) is 0.132. The smallest absolute Gasteiger partial charge is 0.407 e. The molecule has 9 nitrogen and oxygen atoms in total. The first-order valence-corrected chi connectivity index (χ1v) is 28.9. The van der Waals surface area contributed by atoms with Crippen molar-refractivity contribution in [1.82, 2.24) is 15.1 Å². The molecule has 0 spiro atoms. The third-order valence-electron chi connectivity index (χ3n) is 13.4. The van der Waals surface area contributed by atoms with Crippen LogP contribution in [0.15, 0.2) is 0 Å². The van der Waals surface area contributed by atoms with E-state index in [1.807, 2.05) is 14.1 Å². The maximum absolute atomic E-state index is 13.0. The Morgan fingerprint density at radius 1 is 0.424 bits per heavy atom. The van der Waals surface area contributed by atoms with Gasteiger partial charge in [-0.05, 0) is 104 Å². The van der Waals surface area contributed by atoms with Gasteiger partial charge in [0.15, 0.2) is 0 Å². The van der Waals surface area contributed by atoms with Gasteiger partial charge in [0.25, 0.3) is 0 Å². The summed E-state index contributed by atoms with van der Waals surface area (Å²) in [7, 11) is 4.08. The second-order valence-corrected chi connectivity index (χ2v) is 20.2. The summed E-state index contributed by atoms with van der Waals surface area (Å²) in [4.78, 5) is 42.8. The van der Waals surface area contributed by atoms with Crippen LogP contribution >= 0.6 is 0 Å². The summed E-state index contributed by atoms with van der Waals surface area (Å²) in [6.07, 6.45) is 45.0. The van der Waals surface area contributed by atoms with Crippen molar-refractivity contribution in [2.45, 2.75) is 284 Å². The maximum atomic E-state index is 13.0. The molecular weight excluding hydrogens is 823 g/mol. The van der Waals surface area contributed by atoms with Crippen LogP contribution < -0.4 is 5.32 Å². The number of carbonyl (C=O) groups is 3. The van der Waals surface area contributed by atoms with E-state index in [-0.39, 0.29) is 30.1 Å². The van der Waals surface area contributed by atoms with E-state index < -0.39 is 0 Å². The van der Waals surface area contributed by atoms with E-state index in [1.165, 1.54) is 148 Å². The fraction of sp³-hybridized carbons (Fsp3) is 0.947. The first-order valence-electron chi connectivity index (χ1n) is 28.9. The molecule has 0 aliphatic heterocycles. The fourth-order valence-corrected chi connectivity index (χ4v) is 8.99. The van der Waals surface area contributed by atoms with Crippen LogP contribution in [0, 0.1) is 5.92 Å². The second kappa shape index (κ2) is 51.0. The lowest BCUT2D eigenvalue weighted by Crippen LogP contribution is -2.33. The Hall–Kier alpha value is -1.87. The zero-order chi connectivity index (χ0) is 48.4. The minimum absolute atomic E-state index is 0.00374. The lowest BCUT2D eigenvalue weighted by Gasteiger charge is -2.22. The van der Waals surface area contributed by atoms with Gasteiger partial charge in [-0.25, -0.2) is 4.79 Å². The molecular formula is C57H113N3O6. The van der Waals surface area contributed by atoms with E-state index in [9.17, 15) is 14.4 Å². The quantitative estimate of drug-likeness (QED) is 0.0366. The number of hydrogen-bond acceptors (Lipinski definition) is 8. The number of unbranched alkanes of at least 4 members (excludes halogenated alkanes) is 27. The fourth-order valence-electron chi connectivity index (χ4n) is 8.99. The van der Waals surface area contributed by atoms with Gasteiger partial charge in [-0.3, -0.25) is 14.5 Å². The van der Waals surface area contributed by atoms with Crippen LogP contribution in [-0.2, 0) is 23.8 Å². The van der Waals surface area contributed by atoms with E-state index in [0.717, 1.165) is 122 Å². The lowest BCUT2D eigenvalue weighted by molar-refractivity contribution is -0.150. The summed E-state index contributed by atoms with van der Waals surface area (Å²) < 4.78 is 17.5. The van der Waals surface area contributed by atoms with Crippen LogP contribution in [0.25, 0.3) is 0 Å².